The van der Waals surface area contributed by atoms with Crippen LogP contribution < -0.4 is 0 Å². The molecule has 226 valence electrons. The van der Waals surface area contributed by atoms with Crippen LogP contribution in [-0.2, 0) is 29.3 Å². The van der Waals surface area contributed by atoms with E-state index in [0.717, 1.165) is 37.1 Å². The second-order valence-corrected chi connectivity index (χ2v) is 11.3. The summed E-state index contributed by atoms with van der Waals surface area (Å²) in [6.45, 7) is 9.00. The summed E-state index contributed by atoms with van der Waals surface area (Å²) in [5.74, 6) is 0. The quantitative estimate of drug-likeness (QED) is 0.0742. The summed E-state index contributed by atoms with van der Waals surface area (Å²) in [7, 11) is 0. The van der Waals surface area contributed by atoms with Gasteiger partial charge in [-0.3, -0.25) is 9.98 Å². The van der Waals surface area contributed by atoms with E-state index in [1.54, 1.807) is 0 Å². The molecule has 0 fully saturated rings. The van der Waals surface area contributed by atoms with Crippen molar-refractivity contribution >= 4 is 22.8 Å². The van der Waals surface area contributed by atoms with E-state index in [2.05, 4.69) is 76.2 Å². The molecular formula is C37H58N2Ni. The Morgan fingerprint density at radius 2 is 0.825 bits per heavy atom. The summed E-state index contributed by atoms with van der Waals surface area (Å²) in [6, 6.07) is 17.5. The third-order valence-electron chi connectivity index (χ3n) is 7.78. The van der Waals surface area contributed by atoms with Gasteiger partial charge in [-0.2, -0.15) is 0 Å². The van der Waals surface area contributed by atoms with Gasteiger partial charge in [0, 0.05) is 16.5 Å². The third kappa shape index (κ3) is 15.9. The molecule has 0 unspecified atom stereocenters. The van der Waals surface area contributed by atoms with Gasteiger partial charge in [0.15, 0.2) is 0 Å². The molecule has 0 radical (unpaired) electrons. The van der Waals surface area contributed by atoms with Crippen molar-refractivity contribution in [3.8, 4) is 0 Å². The number of unbranched alkanes of at least 4 members (excludes halogenated alkanes) is 13. The Labute approximate surface area is 257 Å². The molecule has 2 aromatic carbocycles. The first-order valence-corrected chi connectivity index (χ1v) is 16.5. The maximum Gasteiger partial charge on any atom is 0.0636 e. The van der Waals surface area contributed by atoms with Crippen molar-refractivity contribution in [2.75, 3.05) is 0 Å². The van der Waals surface area contributed by atoms with E-state index in [4.69, 9.17) is 9.98 Å². The van der Waals surface area contributed by atoms with Crippen LogP contribution in [0.4, 0.5) is 11.4 Å². The van der Waals surface area contributed by atoms with Crippen molar-refractivity contribution in [2.24, 2.45) is 9.98 Å². The van der Waals surface area contributed by atoms with Gasteiger partial charge in [0.2, 0.25) is 0 Å². The Bertz CT molecular complexity index is 962. The number of hydrogen-bond donors (Lipinski definition) is 0. The van der Waals surface area contributed by atoms with Gasteiger partial charge < -0.3 is 0 Å². The number of hydrogen-bond acceptors (Lipinski definition) is 2. The van der Waals surface area contributed by atoms with Gasteiger partial charge in [-0.05, 0) is 73.9 Å². The zero-order valence-corrected chi connectivity index (χ0v) is 27.3. The van der Waals surface area contributed by atoms with Crippen LogP contribution in [0.1, 0.15) is 148 Å². The van der Waals surface area contributed by atoms with E-state index in [-0.39, 0.29) is 16.5 Å². The Balaban J connectivity index is 0.00000800. The monoisotopic (exact) mass is 588 g/mol. The predicted molar refractivity (Wildman–Crippen MR) is 176 cm³/mol. The Hall–Kier alpha value is -1.73. The summed E-state index contributed by atoms with van der Waals surface area (Å²) in [5.41, 5.74) is 7.25. The predicted octanol–water partition coefficient (Wildman–Crippen LogP) is 12.3. The first-order valence-electron chi connectivity index (χ1n) is 16.5. The summed E-state index contributed by atoms with van der Waals surface area (Å²) < 4.78 is 0. The van der Waals surface area contributed by atoms with Gasteiger partial charge in [-0.15, -0.1) is 0 Å². The molecule has 0 atom stereocenters. The average molecular weight is 590 g/mol. The van der Waals surface area contributed by atoms with Crippen molar-refractivity contribution in [1.82, 2.24) is 0 Å². The smallest absolute Gasteiger partial charge is 0.0636 e. The zero-order chi connectivity index (χ0) is 28.0. The standard InChI is InChI=1S/C37H58N2.Ni/c1-5-9-11-12-13-14-15-16-17-18-19-21-29-37(39-35-27-23-25-33(8-4)31-35)36(28-20-10-6-2)38-34-26-22-24-32(7-3)30-34;/h22-27,30-31H,5-21,28-29H2,1-4H3;. The second-order valence-electron chi connectivity index (χ2n) is 11.3. The topological polar surface area (TPSA) is 24.7 Å². The number of benzene rings is 2. The fourth-order valence-corrected chi connectivity index (χ4v) is 5.21. The summed E-state index contributed by atoms with van der Waals surface area (Å²) in [5, 5.41) is 0. The molecule has 0 saturated carbocycles. The van der Waals surface area contributed by atoms with Crippen LogP contribution in [0.3, 0.4) is 0 Å². The van der Waals surface area contributed by atoms with Gasteiger partial charge in [-0.1, -0.05) is 135 Å². The molecule has 2 aromatic rings. The molecule has 40 heavy (non-hydrogen) atoms. The van der Waals surface area contributed by atoms with Gasteiger partial charge in [-0.25, -0.2) is 0 Å². The van der Waals surface area contributed by atoms with Crippen LogP contribution in [-0.4, -0.2) is 11.4 Å². The minimum atomic E-state index is 0. The molecule has 0 aliphatic heterocycles. The second kappa shape index (κ2) is 23.9. The van der Waals surface area contributed by atoms with E-state index in [9.17, 15) is 0 Å². The van der Waals surface area contributed by atoms with Crippen molar-refractivity contribution in [3.05, 3.63) is 59.7 Å². The zero-order valence-electron chi connectivity index (χ0n) is 26.3. The first-order chi connectivity index (χ1) is 19.2. The molecule has 0 aliphatic carbocycles. The van der Waals surface area contributed by atoms with Crippen LogP contribution in [0, 0.1) is 0 Å². The molecule has 0 bridgehead atoms. The van der Waals surface area contributed by atoms with Crippen LogP contribution in [0.25, 0.3) is 0 Å². The van der Waals surface area contributed by atoms with Crippen LogP contribution in [0.15, 0.2) is 58.5 Å². The summed E-state index contributed by atoms with van der Waals surface area (Å²) in [4.78, 5) is 10.5. The number of aryl methyl sites for hydroxylation is 2. The Morgan fingerprint density at radius 1 is 0.475 bits per heavy atom. The van der Waals surface area contributed by atoms with Crippen LogP contribution in [0.2, 0.25) is 0 Å². The molecule has 2 nitrogen and oxygen atoms in total. The first kappa shape index (κ1) is 36.3. The van der Waals surface area contributed by atoms with E-state index < -0.39 is 0 Å². The minimum Gasteiger partial charge on any atom is -0.252 e. The molecule has 0 heterocycles. The molecule has 0 amide bonds. The normalized spacial score (nSPS) is 12.0. The van der Waals surface area contributed by atoms with E-state index in [1.807, 2.05) is 0 Å². The van der Waals surface area contributed by atoms with Crippen LogP contribution >= 0.6 is 0 Å². The summed E-state index contributed by atoms with van der Waals surface area (Å²) >= 11 is 0. The van der Waals surface area contributed by atoms with Gasteiger partial charge in [0.25, 0.3) is 0 Å². The molecule has 0 spiro atoms. The third-order valence-corrected chi connectivity index (χ3v) is 7.78. The maximum atomic E-state index is 5.26. The Morgan fingerprint density at radius 3 is 1.23 bits per heavy atom. The fraction of sp³-hybridized carbons (Fsp3) is 0.622. The van der Waals surface area contributed by atoms with Gasteiger partial charge >= 0.3 is 0 Å². The average Bonchev–Trinajstić information content (AvgIpc) is 2.97. The van der Waals surface area contributed by atoms with Crippen molar-refractivity contribution < 1.29 is 16.5 Å². The molecule has 0 saturated heterocycles. The maximum absolute atomic E-state index is 5.26. The minimum absolute atomic E-state index is 0. The number of nitrogens with zero attached hydrogens (tertiary/aromatic N) is 2. The fourth-order valence-electron chi connectivity index (χ4n) is 5.21. The van der Waals surface area contributed by atoms with Crippen molar-refractivity contribution in [1.29, 1.82) is 0 Å². The van der Waals surface area contributed by atoms with Gasteiger partial charge in [0.1, 0.15) is 0 Å². The van der Waals surface area contributed by atoms with Crippen molar-refractivity contribution in [2.45, 2.75) is 150 Å². The van der Waals surface area contributed by atoms with E-state index in [1.165, 1.54) is 119 Å². The SMILES string of the molecule is CCCCCCCCCCCCCCC(=Nc1cccc(CC)c1)C(CCCCC)=Nc1cccc(CC)c1.[Ni]. The van der Waals surface area contributed by atoms with Gasteiger partial charge in [0.05, 0.1) is 22.8 Å². The number of rotatable bonds is 22. The Kier molecular flexibility index (Phi) is 21.7. The summed E-state index contributed by atoms with van der Waals surface area (Å²) in [6.07, 6.45) is 24.2. The van der Waals surface area contributed by atoms with Crippen molar-refractivity contribution in [3.63, 3.8) is 0 Å². The van der Waals surface area contributed by atoms with Crippen LogP contribution in [0.5, 0.6) is 0 Å². The largest absolute Gasteiger partial charge is 0.252 e. The van der Waals surface area contributed by atoms with E-state index >= 15 is 0 Å². The molecule has 0 aromatic heterocycles. The molecule has 0 aliphatic rings. The molecule has 0 N–H and O–H groups in total. The number of aliphatic imine (C=N–C) groups is 2. The van der Waals surface area contributed by atoms with E-state index in [0.29, 0.717) is 0 Å². The molecule has 2 rings (SSSR count). The molecular weight excluding hydrogens is 531 g/mol. The molecule has 3 heteroatoms.